The van der Waals surface area contributed by atoms with E-state index in [2.05, 4.69) is 4.98 Å². The number of rotatable bonds is 1. The molecule has 0 amide bonds. The van der Waals surface area contributed by atoms with E-state index in [1.807, 2.05) is 12.1 Å². The van der Waals surface area contributed by atoms with E-state index >= 15 is 0 Å². The Hall–Kier alpha value is -0.600. The Balaban J connectivity index is 2.21. The van der Waals surface area contributed by atoms with E-state index in [4.69, 9.17) is 17.3 Å². The van der Waals surface area contributed by atoms with Crippen molar-refractivity contribution in [2.75, 3.05) is 0 Å². The molecule has 2 rings (SSSR count). The number of hydrogen-bond acceptors (Lipinski definition) is 2. The van der Waals surface area contributed by atoms with Crippen LogP contribution in [0.3, 0.4) is 0 Å². The predicted molar refractivity (Wildman–Crippen MR) is 44.6 cm³/mol. The molecule has 1 aliphatic rings. The maximum absolute atomic E-state index is 5.68. The van der Waals surface area contributed by atoms with Crippen molar-refractivity contribution in [3.8, 4) is 0 Å². The summed E-state index contributed by atoms with van der Waals surface area (Å²) in [5, 5.41) is 0.544. The lowest BCUT2D eigenvalue weighted by Gasteiger charge is -1.95. The highest BCUT2D eigenvalue weighted by Crippen LogP contribution is 2.38. The van der Waals surface area contributed by atoms with Crippen molar-refractivity contribution in [3.05, 3.63) is 29.0 Å². The molecular weight excluding hydrogens is 160 g/mol. The Morgan fingerprint density at radius 3 is 2.73 bits per heavy atom. The molecule has 0 aliphatic heterocycles. The summed E-state index contributed by atoms with van der Waals surface area (Å²) in [5.74, 6) is 0.528. The molecule has 0 saturated heterocycles. The van der Waals surface area contributed by atoms with Gasteiger partial charge < -0.3 is 5.73 Å². The molecule has 0 spiro atoms. The second-order valence-electron chi connectivity index (χ2n) is 2.92. The Labute approximate surface area is 70.4 Å². The van der Waals surface area contributed by atoms with Crippen LogP contribution >= 0.6 is 11.6 Å². The maximum Gasteiger partial charge on any atom is 0.129 e. The molecule has 1 aromatic heterocycles. The quantitative estimate of drug-likeness (QED) is 0.647. The second kappa shape index (κ2) is 2.47. The highest BCUT2D eigenvalue weighted by atomic mass is 35.5. The first-order valence-electron chi connectivity index (χ1n) is 3.64. The number of hydrogen-bond donors (Lipinski definition) is 1. The van der Waals surface area contributed by atoms with Gasteiger partial charge in [-0.25, -0.2) is 4.98 Å². The first kappa shape index (κ1) is 7.07. The van der Waals surface area contributed by atoms with Gasteiger partial charge in [-0.15, -0.1) is 0 Å². The van der Waals surface area contributed by atoms with Crippen molar-refractivity contribution in [1.82, 2.24) is 4.98 Å². The van der Waals surface area contributed by atoms with Crippen molar-refractivity contribution in [1.29, 1.82) is 0 Å². The van der Waals surface area contributed by atoms with Gasteiger partial charge in [0.05, 0.1) is 0 Å². The van der Waals surface area contributed by atoms with Crippen LogP contribution in [0, 0.1) is 0 Å². The molecule has 1 fully saturated rings. The van der Waals surface area contributed by atoms with Gasteiger partial charge in [0.1, 0.15) is 5.15 Å². The zero-order valence-electron chi connectivity index (χ0n) is 6.00. The van der Waals surface area contributed by atoms with Crippen LogP contribution in [0.1, 0.15) is 17.9 Å². The van der Waals surface area contributed by atoms with Crippen LogP contribution in [0.4, 0.5) is 0 Å². The highest BCUT2D eigenvalue weighted by Gasteiger charge is 2.34. The minimum absolute atomic E-state index is 0.345. The van der Waals surface area contributed by atoms with E-state index < -0.39 is 0 Å². The molecule has 3 heteroatoms. The first-order valence-corrected chi connectivity index (χ1v) is 4.02. The zero-order valence-corrected chi connectivity index (χ0v) is 6.75. The summed E-state index contributed by atoms with van der Waals surface area (Å²) in [4.78, 5) is 3.98. The molecule has 11 heavy (non-hydrogen) atoms. The monoisotopic (exact) mass is 168 g/mol. The van der Waals surface area contributed by atoms with Crippen LogP contribution in [-0.4, -0.2) is 11.0 Å². The molecule has 1 saturated carbocycles. The molecule has 2 N–H and O–H groups in total. The summed E-state index contributed by atoms with van der Waals surface area (Å²) in [7, 11) is 0. The highest BCUT2D eigenvalue weighted by molar-refractivity contribution is 6.29. The van der Waals surface area contributed by atoms with Gasteiger partial charge in [0, 0.05) is 18.2 Å². The molecule has 58 valence electrons. The van der Waals surface area contributed by atoms with E-state index in [9.17, 15) is 0 Å². The van der Waals surface area contributed by atoms with Gasteiger partial charge in [0.25, 0.3) is 0 Å². The molecule has 0 bridgehead atoms. The van der Waals surface area contributed by atoms with E-state index in [1.165, 1.54) is 5.56 Å². The maximum atomic E-state index is 5.68. The van der Waals surface area contributed by atoms with Crippen LogP contribution in [0.15, 0.2) is 18.3 Å². The molecule has 2 nitrogen and oxygen atoms in total. The van der Waals surface area contributed by atoms with Gasteiger partial charge in [-0.3, -0.25) is 0 Å². The largest absolute Gasteiger partial charge is 0.327 e. The van der Waals surface area contributed by atoms with Gasteiger partial charge in [-0.2, -0.15) is 0 Å². The van der Waals surface area contributed by atoms with E-state index in [-0.39, 0.29) is 0 Å². The molecule has 2 atom stereocenters. The Bertz CT molecular complexity index is 257. The van der Waals surface area contributed by atoms with Crippen LogP contribution in [0.5, 0.6) is 0 Å². The van der Waals surface area contributed by atoms with Crippen LogP contribution in [0.2, 0.25) is 5.15 Å². The molecule has 1 aromatic rings. The first-order chi connectivity index (χ1) is 5.27. The second-order valence-corrected chi connectivity index (χ2v) is 3.31. The number of nitrogens with zero attached hydrogens (tertiary/aromatic N) is 1. The van der Waals surface area contributed by atoms with Crippen LogP contribution in [0.25, 0.3) is 0 Å². The lowest BCUT2D eigenvalue weighted by molar-refractivity contribution is 0.981. The van der Waals surface area contributed by atoms with Gasteiger partial charge >= 0.3 is 0 Å². The minimum Gasteiger partial charge on any atom is -0.327 e. The Morgan fingerprint density at radius 1 is 1.55 bits per heavy atom. The minimum atomic E-state index is 0.345. The standard InChI is InChI=1S/C8H9ClN2/c9-8-2-1-5(4-11-8)6-3-7(6)10/h1-2,4,6-7H,3,10H2/t6-,7+/m0/s1. The summed E-state index contributed by atoms with van der Waals surface area (Å²) < 4.78 is 0. The number of aromatic nitrogens is 1. The normalized spacial score (nSPS) is 28.5. The zero-order chi connectivity index (χ0) is 7.84. The molecule has 1 aliphatic carbocycles. The van der Waals surface area contributed by atoms with Crippen molar-refractivity contribution in [2.24, 2.45) is 5.73 Å². The summed E-state index contributed by atoms with van der Waals surface area (Å²) in [5.41, 5.74) is 6.89. The fourth-order valence-electron chi connectivity index (χ4n) is 1.20. The summed E-state index contributed by atoms with van der Waals surface area (Å²) in [6.07, 6.45) is 2.89. The SMILES string of the molecule is N[C@@H]1C[C@H]1c1ccc(Cl)nc1. The Morgan fingerprint density at radius 2 is 2.27 bits per heavy atom. The molecular formula is C8H9ClN2. The smallest absolute Gasteiger partial charge is 0.129 e. The lowest BCUT2D eigenvalue weighted by atomic mass is 10.2. The lowest BCUT2D eigenvalue weighted by Crippen LogP contribution is -2.00. The molecule has 1 heterocycles. The molecule has 0 radical (unpaired) electrons. The van der Waals surface area contributed by atoms with Crippen molar-refractivity contribution in [3.63, 3.8) is 0 Å². The van der Waals surface area contributed by atoms with Crippen molar-refractivity contribution in [2.45, 2.75) is 18.4 Å². The average Bonchev–Trinajstić information content (AvgIpc) is 2.69. The van der Waals surface area contributed by atoms with E-state index in [0.717, 1.165) is 6.42 Å². The summed E-state index contributed by atoms with van der Waals surface area (Å²) in [6, 6.07) is 4.15. The van der Waals surface area contributed by atoms with Gasteiger partial charge in [-0.05, 0) is 18.1 Å². The fraction of sp³-hybridized carbons (Fsp3) is 0.375. The third-order valence-electron chi connectivity index (χ3n) is 2.02. The van der Waals surface area contributed by atoms with Gasteiger partial charge in [0.15, 0.2) is 0 Å². The van der Waals surface area contributed by atoms with Crippen LogP contribution in [-0.2, 0) is 0 Å². The molecule has 0 aromatic carbocycles. The Kier molecular flexibility index (Phi) is 1.59. The van der Waals surface area contributed by atoms with Crippen molar-refractivity contribution >= 4 is 11.6 Å². The predicted octanol–water partition coefficient (Wildman–Crippen LogP) is 1.55. The topological polar surface area (TPSA) is 38.9 Å². The average molecular weight is 169 g/mol. The van der Waals surface area contributed by atoms with Crippen LogP contribution < -0.4 is 5.73 Å². The number of nitrogens with two attached hydrogens (primary N) is 1. The summed E-state index contributed by atoms with van der Waals surface area (Å²) in [6.45, 7) is 0. The molecule has 0 unspecified atom stereocenters. The van der Waals surface area contributed by atoms with Gasteiger partial charge in [-0.1, -0.05) is 17.7 Å². The fourth-order valence-corrected chi connectivity index (χ4v) is 1.32. The third kappa shape index (κ3) is 1.37. The third-order valence-corrected chi connectivity index (χ3v) is 2.24. The van der Waals surface area contributed by atoms with E-state index in [0.29, 0.717) is 17.1 Å². The van der Waals surface area contributed by atoms with Crippen molar-refractivity contribution < 1.29 is 0 Å². The van der Waals surface area contributed by atoms with E-state index in [1.54, 1.807) is 6.20 Å². The summed E-state index contributed by atoms with van der Waals surface area (Å²) >= 11 is 5.63. The van der Waals surface area contributed by atoms with Gasteiger partial charge in [0.2, 0.25) is 0 Å². The number of halogens is 1. The number of pyridine rings is 1.